The van der Waals surface area contributed by atoms with Crippen molar-refractivity contribution >= 4 is 5.96 Å². The van der Waals surface area contributed by atoms with Crippen LogP contribution in [0, 0.1) is 13.8 Å². The van der Waals surface area contributed by atoms with Crippen molar-refractivity contribution in [1.82, 2.24) is 20.4 Å². The van der Waals surface area contributed by atoms with Gasteiger partial charge in [0.15, 0.2) is 5.96 Å². The summed E-state index contributed by atoms with van der Waals surface area (Å²) >= 11 is 0. The number of aliphatic imine (C=N–C) groups is 1. The summed E-state index contributed by atoms with van der Waals surface area (Å²) < 4.78 is 44.1. The average Bonchev–Trinajstić information content (AvgIpc) is 3.37. The van der Waals surface area contributed by atoms with E-state index in [0.29, 0.717) is 17.9 Å². The van der Waals surface area contributed by atoms with E-state index in [-0.39, 0.29) is 23.8 Å². The molecule has 2 aromatic rings. The van der Waals surface area contributed by atoms with Gasteiger partial charge in [-0.1, -0.05) is 18.2 Å². The van der Waals surface area contributed by atoms with Crippen molar-refractivity contribution in [1.29, 1.82) is 0 Å². The number of nitrogens with zero attached hydrogens (tertiary/aromatic N) is 3. The van der Waals surface area contributed by atoms with Crippen LogP contribution in [0.1, 0.15) is 41.8 Å². The van der Waals surface area contributed by atoms with Crippen molar-refractivity contribution in [3.63, 3.8) is 0 Å². The predicted molar refractivity (Wildman–Crippen MR) is 110 cm³/mol. The smallest absolute Gasteiger partial charge is 0.405 e. The van der Waals surface area contributed by atoms with E-state index >= 15 is 0 Å². The number of halogens is 3. The molecular formula is C21H28F3N5O. The summed E-state index contributed by atoms with van der Waals surface area (Å²) in [5.74, 6) is 0.432. The van der Waals surface area contributed by atoms with E-state index in [4.69, 9.17) is 0 Å². The lowest BCUT2D eigenvalue weighted by atomic mass is 10.1. The highest BCUT2D eigenvalue weighted by atomic mass is 19.4. The second-order valence-corrected chi connectivity index (χ2v) is 7.77. The lowest BCUT2D eigenvalue weighted by molar-refractivity contribution is -0.274. The molecule has 0 radical (unpaired) electrons. The molecule has 164 valence electrons. The van der Waals surface area contributed by atoms with Gasteiger partial charge in [-0.25, -0.2) is 0 Å². The number of rotatable bonds is 6. The van der Waals surface area contributed by atoms with E-state index in [9.17, 15) is 13.2 Å². The number of nitrogens with one attached hydrogen (secondary N) is 2. The molecule has 6 nitrogen and oxygen atoms in total. The molecule has 0 aliphatic heterocycles. The zero-order valence-corrected chi connectivity index (χ0v) is 17.8. The molecule has 1 fully saturated rings. The Morgan fingerprint density at radius 1 is 1.33 bits per heavy atom. The SMILES string of the molecule is CN=C(NC(C)Cc1c(C)nn(C)c1C)NC1CC1c1ccccc1OC(F)(F)F. The number of hydrogen-bond acceptors (Lipinski definition) is 3. The number of para-hydroxylation sites is 1. The van der Waals surface area contributed by atoms with Gasteiger partial charge in [0.25, 0.3) is 0 Å². The molecule has 3 rings (SSSR count). The molecule has 1 aromatic carbocycles. The van der Waals surface area contributed by atoms with Crippen molar-refractivity contribution in [3.05, 3.63) is 46.8 Å². The molecule has 0 bridgehead atoms. The number of ether oxygens (including phenoxy) is 1. The van der Waals surface area contributed by atoms with Crippen LogP contribution in [0.4, 0.5) is 13.2 Å². The van der Waals surface area contributed by atoms with Gasteiger partial charge in [0, 0.05) is 37.8 Å². The molecule has 1 aromatic heterocycles. The fourth-order valence-corrected chi connectivity index (χ4v) is 3.75. The van der Waals surface area contributed by atoms with Crippen LogP contribution in [0.3, 0.4) is 0 Å². The monoisotopic (exact) mass is 423 g/mol. The van der Waals surface area contributed by atoms with E-state index in [2.05, 4.69) is 32.4 Å². The number of aryl methyl sites for hydroxylation is 2. The minimum atomic E-state index is -4.70. The Morgan fingerprint density at radius 3 is 2.63 bits per heavy atom. The van der Waals surface area contributed by atoms with Crippen LogP contribution in [-0.2, 0) is 13.5 Å². The summed E-state index contributed by atoms with van der Waals surface area (Å²) in [6.45, 7) is 6.11. The minimum Gasteiger partial charge on any atom is -0.405 e. The summed E-state index contributed by atoms with van der Waals surface area (Å²) in [6.07, 6.45) is -3.19. The van der Waals surface area contributed by atoms with E-state index in [1.54, 1.807) is 25.2 Å². The van der Waals surface area contributed by atoms with Crippen LogP contribution in [0.5, 0.6) is 5.75 Å². The molecule has 2 N–H and O–H groups in total. The van der Waals surface area contributed by atoms with Gasteiger partial charge in [0.1, 0.15) is 5.75 Å². The zero-order chi connectivity index (χ0) is 22.1. The molecule has 3 atom stereocenters. The van der Waals surface area contributed by atoms with Gasteiger partial charge in [-0.15, -0.1) is 13.2 Å². The largest absolute Gasteiger partial charge is 0.573 e. The molecule has 1 aliphatic rings. The van der Waals surface area contributed by atoms with Gasteiger partial charge in [-0.3, -0.25) is 9.67 Å². The van der Waals surface area contributed by atoms with Gasteiger partial charge in [0.2, 0.25) is 0 Å². The normalized spacial score (nSPS) is 20.1. The third-order valence-corrected chi connectivity index (χ3v) is 5.43. The Morgan fingerprint density at radius 2 is 2.03 bits per heavy atom. The van der Waals surface area contributed by atoms with E-state index in [1.165, 1.54) is 11.6 Å². The molecule has 1 heterocycles. The molecule has 3 unspecified atom stereocenters. The minimum absolute atomic E-state index is 0.00301. The van der Waals surface area contributed by atoms with E-state index < -0.39 is 6.36 Å². The number of guanidine groups is 1. The standard InChI is InChI=1S/C21H28F3N5O/c1-12(10-16-13(2)28-29(5)14(16)3)26-20(25-4)27-18-11-17(18)15-8-6-7-9-19(15)30-21(22,23)24/h6-9,12,17-18H,10-11H2,1-5H3,(H2,25,26,27). The van der Waals surface area contributed by atoms with Crippen LogP contribution in [-0.4, -0.2) is 41.2 Å². The first kappa shape index (κ1) is 22.0. The second kappa shape index (κ2) is 8.57. The first-order valence-corrected chi connectivity index (χ1v) is 9.92. The van der Waals surface area contributed by atoms with Crippen LogP contribution < -0.4 is 15.4 Å². The third kappa shape index (κ3) is 5.25. The molecule has 1 saturated carbocycles. The summed E-state index contributed by atoms with van der Waals surface area (Å²) in [7, 11) is 3.61. The fourth-order valence-electron chi connectivity index (χ4n) is 3.75. The Balaban J connectivity index is 1.59. The van der Waals surface area contributed by atoms with Crippen molar-refractivity contribution < 1.29 is 17.9 Å². The molecule has 30 heavy (non-hydrogen) atoms. The van der Waals surface area contributed by atoms with E-state index in [0.717, 1.165) is 17.8 Å². The fraction of sp³-hybridized carbons (Fsp3) is 0.524. The molecule has 1 aliphatic carbocycles. The van der Waals surface area contributed by atoms with Gasteiger partial charge < -0.3 is 15.4 Å². The molecule has 0 spiro atoms. The summed E-state index contributed by atoms with van der Waals surface area (Å²) in [6, 6.07) is 6.41. The Kier molecular flexibility index (Phi) is 6.28. The average molecular weight is 423 g/mol. The van der Waals surface area contributed by atoms with Gasteiger partial charge >= 0.3 is 6.36 Å². The lowest BCUT2D eigenvalue weighted by Gasteiger charge is -2.19. The van der Waals surface area contributed by atoms with Crippen LogP contribution in [0.25, 0.3) is 0 Å². The number of hydrogen-bond donors (Lipinski definition) is 2. The second-order valence-electron chi connectivity index (χ2n) is 7.77. The van der Waals surface area contributed by atoms with Crippen molar-refractivity contribution in [3.8, 4) is 5.75 Å². The maximum absolute atomic E-state index is 12.7. The highest BCUT2D eigenvalue weighted by Crippen LogP contribution is 2.45. The Hall–Kier alpha value is -2.71. The Labute approximate surface area is 174 Å². The summed E-state index contributed by atoms with van der Waals surface area (Å²) in [5.41, 5.74) is 3.90. The first-order valence-electron chi connectivity index (χ1n) is 9.92. The van der Waals surface area contributed by atoms with Crippen LogP contribution in [0.2, 0.25) is 0 Å². The lowest BCUT2D eigenvalue weighted by Crippen LogP contribution is -2.44. The van der Waals surface area contributed by atoms with Gasteiger partial charge in [-0.2, -0.15) is 5.10 Å². The molecule has 0 saturated heterocycles. The highest BCUT2D eigenvalue weighted by molar-refractivity contribution is 5.81. The molecule has 0 amide bonds. The van der Waals surface area contributed by atoms with Crippen molar-refractivity contribution in [2.45, 2.75) is 58.0 Å². The molecular weight excluding hydrogens is 395 g/mol. The first-order chi connectivity index (χ1) is 14.1. The number of benzene rings is 1. The summed E-state index contributed by atoms with van der Waals surface area (Å²) in [5, 5.41) is 11.1. The topological polar surface area (TPSA) is 63.5 Å². The Bertz CT molecular complexity index is 922. The van der Waals surface area contributed by atoms with Gasteiger partial charge in [-0.05, 0) is 50.8 Å². The van der Waals surface area contributed by atoms with Crippen LogP contribution >= 0.6 is 0 Å². The highest BCUT2D eigenvalue weighted by Gasteiger charge is 2.42. The zero-order valence-electron chi connectivity index (χ0n) is 17.8. The number of aromatic nitrogens is 2. The van der Waals surface area contributed by atoms with Crippen molar-refractivity contribution in [2.75, 3.05) is 7.05 Å². The third-order valence-electron chi connectivity index (χ3n) is 5.43. The predicted octanol–water partition coefficient (Wildman–Crippen LogP) is 3.59. The quantitative estimate of drug-likeness (QED) is 0.551. The van der Waals surface area contributed by atoms with E-state index in [1.807, 2.05) is 25.6 Å². The van der Waals surface area contributed by atoms with Crippen LogP contribution in [0.15, 0.2) is 29.3 Å². The molecule has 9 heteroatoms. The number of alkyl halides is 3. The maximum Gasteiger partial charge on any atom is 0.573 e. The van der Waals surface area contributed by atoms with Crippen molar-refractivity contribution in [2.24, 2.45) is 12.0 Å². The summed E-state index contributed by atoms with van der Waals surface area (Å²) in [4.78, 5) is 4.27. The maximum atomic E-state index is 12.7. The van der Waals surface area contributed by atoms with Gasteiger partial charge in [0.05, 0.1) is 5.69 Å².